The summed E-state index contributed by atoms with van der Waals surface area (Å²) in [5.74, 6) is 0.816. The maximum absolute atomic E-state index is 13.6. The largest absolute Gasteiger partial charge is 0.458 e. The van der Waals surface area contributed by atoms with Gasteiger partial charge in [0.2, 0.25) is 0 Å². The van der Waals surface area contributed by atoms with Gasteiger partial charge in [-0.05, 0) is 101 Å². The topological polar surface area (TPSA) is 71.1 Å². The maximum atomic E-state index is 13.6. The lowest BCUT2D eigenvalue weighted by atomic mass is 9.82. The normalized spacial score (nSPS) is 18.6. The molecule has 6 nitrogen and oxygen atoms in total. The molecule has 0 fully saturated rings. The van der Waals surface area contributed by atoms with Gasteiger partial charge in [-0.15, -0.1) is 0 Å². The molecule has 0 aromatic heterocycles. The minimum atomic E-state index is -2.07. The highest BCUT2D eigenvalue weighted by atomic mass is 127. The molecular formula is C50H93IO6Si3. The van der Waals surface area contributed by atoms with Crippen LogP contribution in [0.1, 0.15) is 130 Å². The van der Waals surface area contributed by atoms with Gasteiger partial charge >= 0.3 is 5.97 Å². The molecule has 0 aromatic rings. The summed E-state index contributed by atoms with van der Waals surface area (Å²) < 4.78 is 29.8. The molecule has 0 aliphatic carbocycles. The van der Waals surface area contributed by atoms with Crippen molar-refractivity contribution < 1.29 is 27.6 Å². The van der Waals surface area contributed by atoms with Crippen molar-refractivity contribution in [3.05, 3.63) is 59.3 Å². The summed E-state index contributed by atoms with van der Waals surface area (Å²) in [5, 5.41) is 0.0383. The molecule has 0 rings (SSSR count). The number of halogens is 1. The molecular weight excluding hydrogens is 908 g/mol. The fourth-order valence-electron chi connectivity index (χ4n) is 8.30. The summed E-state index contributed by atoms with van der Waals surface area (Å²) in [5.41, 5.74) is 0. The quantitative estimate of drug-likeness (QED) is 0.0167. The van der Waals surface area contributed by atoms with Crippen LogP contribution in [0.15, 0.2) is 59.3 Å². The van der Waals surface area contributed by atoms with Crippen molar-refractivity contribution in [2.45, 2.75) is 208 Å². The van der Waals surface area contributed by atoms with E-state index in [4.69, 9.17) is 18.0 Å². The Morgan fingerprint density at radius 1 is 0.683 bits per heavy atom. The minimum Gasteiger partial charge on any atom is -0.458 e. The Bertz CT molecular complexity index is 1310. The van der Waals surface area contributed by atoms with Gasteiger partial charge in [0.05, 0.1) is 18.3 Å². The van der Waals surface area contributed by atoms with Crippen molar-refractivity contribution in [1.29, 1.82) is 0 Å². The molecule has 0 saturated heterocycles. The van der Waals surface area contributed by atoms with Crippen molar-refractivity contribution in [3.63, 3.8) is 0 Å². The van der Waals surface area contributed by atoms with Crippen molar-refractivity contribution in [2.75, 3.05) is 0 Å². The SMILES string of the molecule is C=C/C=C\[C@H](C)[C@H](OC(=O)/C=C\C=C\[C@@H](C)[C@H](CC=O)O[Si](C)(C)C(C)(C)C)[C@@H](C)[C@@H](CC[C@H](C)C[C@H](C)[C@@H](O[Si](CC)(CC)CC)[C@@H](C)/C=C\I)O[Si](CC)(CC)CC. The lowest BCUT2D eigenvalue weighted by Gasteiger charge is -2.40. The van der Waals surface area contributed by atoms with Crippen LogP contribution in [0.2, 0.25) is 54.4 Å². The highest BCUT2D eigenvalue weighted by molar-refractivity contribution is 14.1. The van der Waals surface area contributed by atoms with Gasteiger partial charge in [-0.2, -0.15) is 0 Å². The summed E-state index contributed by atoms with van der Waals surface area (Å²) in [7, 11) is -5.86. The second kappa shape index (κ2) is 29.5. The lowest BCUT2D eigenvalue weighted by molar-refractivity contribution is -0.150. The van der Waals surface area contributed by atoms with E-state index in [0.717, 1.165) is 61.8 Å². The van der Waals surface area contributed by atoms with Gasteiger partial charge < -0.3 is 22.8 Å². The summed E-state index contributed by atoms with van der Waals surface area (Å²) >= 11 is 2.35. The zero-order valence-electron chi connectivity index (χ0n) is 41.7. The summed E-state index contributed by atoms with van der Waals surface area (Å²) in [6.07, 6.45) is 19.2. The van der Waals surface area contributed by atoms with E-state index in [0.29, 0.717) is 24.2 Å². The van der Waals surface area contributed by atoms with E-state index in [-0.39, 0.29) is 53.2 Å². The van der Waals surface area contributed by atoms with Gasteiger partial charge in [-0.1, -0.05) is 176 Å². The Balaban J connectivity index is 6.50. The molecule has 0 aliphatic heterocycles. The standard InChI is InChI=1S/C50H93IO6Si3/c1-19-26-29-41(10)49(54-47(53)31-28-27-30-40(9)45(35-37-52)55-58(17,18)50(14,15)16)44(13)46(56-59(20-2,21-3)22-4)33-32-39(8)38-43(12)48(42(11)34-36-51)57-60(23-5,24-6)25-7/h19,26-31,34,36-37,39-46,48-49H,1,20-25,32-33,35,38H2,2-18H3/b29-26-,30-27+,31-28-,36-34-/t39-,40+,41-,42-,43-,44-,45-,46+,48-,49-/m0/s1. The van der Waals surface area contributed by atoms with Crippen LogP contribution in [0, 0.1) is 35.5 Å². The fraction of sp³-hybridized carbons (Fsp3) is 0.760. The smallest absolute Gasteiger partial charge is 0.331 e. The molecule has 0 amide bonds. The number of hydrogen-bond acceptors (Lipinski definition) is 6. The summed E-state index contributed by atoms with van der Waals surface area (Å²) in [6.45, 7) is 42.3. The van der Waals surface area contributed by atoms with Crippen LogP contribution in [0.25, 0.3) is 0 Å². The van der Waals surface area contributed by atoms with E-state index in [1.165, 1.54) is 6.08 Å². The molecule has 0 radical (unpaired) electrons. The number of carbonyl (C=O) groups is 2. The Morgan fingerprint density at radius 2 is 1.20 bits per heavy atom. The average molecular weight is 1000 g/mol. The highest BCUT2D eigenvalue weighted by Gasteiger charge is 2.41. The Kier molecular flexibility index (Phi) is 29.1. The third kappa shape index (κ3) is 19.9. The summed E-state index contributed by atoms with van der Waals surface area (Å²) in [4.78, 5) is 25.2. The van der Waals surface area contributed by atoms with Crippen LogP contribution in [-0.4, -0.2) is 61.6 Å². The maximum Gasteiger partial charge on any atom is 0.331 e. The van der Waals surface area contributed by atoms with E-state index < -0.39 is 25.0 Å². The number of rotatable bonds is 32. The summed E-state index contributed by atoms with van der Waals surface area (Å²) in [6, 6.07) is 6.65. The van der Waals surface area contributed by atoms with Crippen LogP contribution in [0.3, 0.4) is 0 Å². The lowest BCUT2D eigenvalue weighted by Crippen LogP contribution is -2.46. The van der Waals surface area contributed by atoms with Gasteiger partial charge in [0, 0.05) is 24.3 Å². The molecule has 0 aliphatic rings. The third-order valence-corrected chi connectivity index (χ3v) is 28.4. The van der Waals surface area contributed by atoms with Crippen LogP contribution in [-0.2, 0) is 27.6 Å². The van der Waals surface area contributed by atoms with E-state index in [2.05, 4.69) is 162 Å². The van der Waals surface area contributed by atoms with E-state index in [9.17, 15) is 9.59 Å². The molecule has 10 atom stereocenters. The Hall–Kier alpha value is -0.899. The minimum absolute atomic E-state index is 0.000611. The number of ether oxygens (including phenoxy) is 1. The molecule has 0 spiro atoms. The van der Waals surface area contributed by atoms with Crippen LogP contribution in [0.5, 0.6) is 0 Å². The molecule has 0 bridgehead atoms. The van der Waals surface area contributed by atoms with Crippen LogP contribution in [0.4, 0.5) is 0 Å². The number of esters is 1. The molecule has 0 unspecified atom stereocenters. The van der Waals surface area contributed by atoms with Crippen molar-refractivity contribution in [1.82, 2.24) is 0 Å². The van der Waals surface area contributed by atoms with Crippen LogP contribution < -0.4 is 0 Å². The zero-order valence-corrected chi connectivity index (χ0v) is 46.8. The molecule has 348 valence electrons. The van der Waals surface area contributed by atoms with Gasteiger partial charge in [0.25, 0.3) is 0 Å². The van der Waals surface area contributed by atoms with E-state index in [1.54, 1.807) is 12.2 Å². The van der Waals surface area contributed by atoms with Crippen LogP contribution >= 0.6 is 22.6 Å². The first-order chi connectivity index (χ1) is 28.1. The van der Waals surface area contributed by atoms with Gasteiger partial charge in [-0.25, -0.2) is 4.79 Å². The van der Waals surface area contributed by atoms with Gasteiger partial charge in [0.1, 0.15) is 12.4 Å². The number of allylic oxidation sites excluding steroid dienone is 4. The first-order valence-corrected chi connectivity index (χ1v) is 32.9. The van der Waals surface area contributed by atoms with Gasteiger partial charge in [-0.3, -0.25) is 0 Å². The monoisotopic (exact) mass is 1000 g/mol. The molecule has 0 aromatic carbocycles. The molecule has 0 heterocycles. The predicted octanol–water partition coefficient (Wildman–Crippen LogP) is 15.4. The molecule has 0 N–H and O–H groups in total. The van der Waals surface area contributed by atoms with Crippen molar-refractivity contribution in [2.24, 2.45) is 35.5 Å². The van der Waals surface area contributed by atoms with Crippen molar-refractivity contribution >= 4 is 59.8 Å². The van der Waals surface area contributed by atoms with E-state index >= 15 is 0 Å². The van der Waals surface area contributed by atoms with Gasteiger partial charge in [0.15, 0.2) is 25.0 Å². The number of hydrogen-bond donors (Lipinski definition) is 0. The first-order valence-electron chi connectivity index (χ1n) is 23.6. The molecule has 60 heavy (non-hydrogen) atoms. The van der Waals surface area contributed by atoms with Crippen molar-refractivity contribution in [3.8, 4) is 0 Å². The Labute approximate surface area is 388 Å². The zero-order chi connectivity index (χ0) is 46.3. The second-order valence-corrected chi connectivity index (χ2v) is 34.4. The first kappa shape index (κ1) is 59.1. The second-order valence-electron chi connectivity index (χ2n) is 19.5. The molecule has 0 saturated carbocycles. The third-order valence-electron chi connectivity index (χ3n) is 14.2. The molecule has 10 heteroatoms. The fourth-order valence-corrected chi connectivity index (χ4v) is 16.4. The number of aldehydes is 1. The Morgan fingerprint density at radius 3 is 1.68 bits per heavy atom. The predicted molar refractivity (Wildman–Crippen MR) is 276 cm³/mol. The average Bonchev–Trinajstić information content (AvgIpc) is 3.20. The van der Waals surface area contributed by atoms with E-state index in [1.807, 2.05) is 18.2 Å². The number of carbonyl (C=O) groups excluding carboxylic acids is 2. The highest BCUT2D eigenvalue weighted by Crippen LogP contribution is 2.39.